The van der Waals surface area contributed by atoms with Gasteiger partial charge >= 0.3 is 11.9 Å². The predicted octanol–water partition coefficient (Wildman–Crippen LogP) is 0.650. The third kappa shape index (κ3) is 3.27. The first-order valence-electron chi connectivity index (χ1n) is 5.16. The molecule has 0 fully saturated rings. The van der Waals surface area contributed by atoms with Gasteiger partial charge in [-0.25, -0.2) is 0 Å². The highest BCUT2D eigenvalue weighted by molar-refractivity contribution is 5.99. The monoisotopic (exact) mass is 238 g/mol. The van der Waals surface area contributed by atoms with E-state index in [4.69, 9.17) is 4.74 Å². The van der Waals surface area contributed by atoms with Crippen LogP contribution in [0.1, 0.15) is 6.42 Å². The van der Waals surface area contributed by atoms with E-state index in [1.54, 1.807) is 6.08 Å². The number of ketones is 1. The molecule has 2 atom stereocenters. The van der Waals surface area contributed by atoms with Crippen molar-refractivity contribution in [1.82, 2.24) is 0 Å². The number of allylic oxidation sites excluding steroid dienone is 2. The van der Waals surface area contributed by atoms with Crippen molar-refractivity contribution >= 4 is 17.7 Å². The lowest BCUT2D eigenvalue weighted by atomic mass is 9.92. The zero-order valence-corrected chi connectivity index (χ0v) is 9.55. The smallest absolute Gasteiger partial charge is 0.321 e. The van der Waals surface area contributed by atoms with E-state index < -0.39 is 23.8 Å². The molecule has 5 nitrogen and oxygen atoms in total. The zero-order chi connectivity index (χ0) is 12.8. The first-order valence-corrected chi connectivity index (χ1v) is 5.16. The van der Waals surface area contributed by atoms with Gasteiger partial charge in [-0.15, -0.1) is 0 Å². The van der Waals surface area contributed by atoms with Gasteiger partial charge in [0.2, 0.25) is 0 Å². The van der Waals surface area contributed by atoms with Gasteiger partial charge in [-0.3, -0.25) is 14.4 Å². The molecule has 0 spiro atoms. The number of carbonyl (C=O) groups excluding carboxylic acids is 3. The Kier molecular flexibility index (Phi) is 4.63. The van der Waals surface area contributed by atoms with E-state index in [0.29, 0.717) is 0 Å². The maximum atomic E-state index is 11.7. The molecule has 1 aliphatic carbocycles. The summed E-state index contributed by atoms with van der Waals surface area (Å²) in [7, 11) is 1.19. The van der Waals surface area contributed by atoms with Gasteiger partial charge in [0.15, 0.2) is 11.7 Å². The molecule has 0 aromatic heterocycles. The summed E-state index contributed by atoms with van der Waals surface area (Å²) < 4.78 is 9.37. The number of hydrogen-bond acceptors (Lipinski definition) is 5. The van der Waals surface area contributed by atoms with Crippen molar-refractivity contribution in [2.45, 2.75) is 6.42 Å². The lowest BCUT2D eigenvalue weighted by Crippen LogP contribution is -2.33. The molecule has 5 heteroatoms. The van der Waals surface area contributed by atoms with Crippen LogP contribution in [-0.2, 0) is 23.9 Å². The molecule has 92 valence electrons. The second-order valence-electron chi connectivity index (χ2n) is 3.61. The van der Waals surface area contributed by atoms with Gasteiger partial charge in [-0.05, 0) is 6.08 Å². The van der Waals surface area contributed by atoms with Gasteiger partial charge < -0.3 is 9.47 Å². The summed E-state index contributed by atoms with van der Waals surface area (Å²) in [6.45, 7) is 3.43. The fourth-order valence-electron chi connectivity index (χ4n) is 1.63. The van der Waals surface area contributed by atoms with Gasteiger partial charge in [-0.2, -0.15) is 0 Å². The topological polar surface area (TPSA) is 69.7 Å². The number of esters is 2. The molecule has 1 aliphatic rings. The Balaban J connectivity index is 2.77. The molecule has 0 bridgehead atoms. The van der Waals surface area contributed by atoms with Crippen LogP contribution in [0.25, 0.3) is 0 Å². The lowest BCUT2D eigenvalue weighted by molar-refractivity contribution is -0.161. The normalized spacial score (nSPS) is 19.8. The minimum atomic E-state index is -1.08. The van der Waals surface area contributed by atoms with Crippen molar-refractivity contribution in [2.75, 3.05) is 13.7 Å². The second kappa shape index (κ2) is 5.98. The molecule has 0 aromatic carbocycles. The van der Waals surface area contributed by atoms with E-state index in [0.717, 1.165) is 0 Å². The fraction of sp³-hybridized carbons (Fsp3) is 0.417. The highest BCUT2D eigenvalue weighted by Gasteiger charge is 2.38. The third-order valence-electron chi connectivity index (χ3n) is 2.45. The van der Waals surface area contributed by atoms with Gasteiger partial charge in [0.25, 0.3) is 0 Å². The van der Waals surface area contributed by atoms with Crippen LogP contribution < -0.4 is 0 Å². The highest BCUT2D eigenvalue weighted by Crippen LogP contribution is 2.25. The van der Waals surface area contributed by atoms with Crippen LogP contribution in [-0.4, -0.2) is 31.4 Å². The first kappa shape index (κ1) is 13.2. The van der Waals surface area contributed by atoms with Crippen LogP contribution >= 0.6 is 0 Å². The molecule has 0 aromatic rings. The first-order chi connectivity index (χ1) is 8.10. The Morgan fingerprint density at radius 3 is 2.76 bits per heavy atom. The van der Waals surface area contributed by atoms with E-state index in [9.17, 15) is 14.4 Å². The number of rotatable bonds is 5. The van der Waals surface area contributed by atoms with E-state index >= 15 is 0 Å². The summed E-state index contributed by atoms with van der Waals surface area (Å²) in [4.78, 5) is 34.3. The zero-order valence-electron chi connectivity index (χ0n) is 9.55. The molecule has 0 amide bonds. The molecule has 1 rings (SSSR count). The molecule has 17 heavy (non-hydrogen) atoms. The van der Waals surface area contributed by atoms with Crippen molar-refractivity contribution in [3.05, 3.63) is 24.8 Å². The Hall–Kier alpha value is -1.91. The molecular formula is C12H14O5. The summed E-state index contributed by atoms with van der Waals surface area (Å²) >= 11 is 0. The molecule has 0 aliphatic heterocycles. The van der Waals surface area contributed by atoms with Crippen molar-refractivity contribution in [2.24, 2.45) is 11.8 Å². The third-order valence-corrected chi connectivity index (χ3v) is 2.45. The Bertz CT molecular complexity index is 369. The molecule has 0 saturated heterocycles. The summed E-state index contributed by atoms with van der Waals surface area (Å²) in [5, 5.41) is 0. The standard InChI is InChI=1S/C12H14O5/c1-3-6-17-12(15)10(11(14)16-2)8-4-5-9(13)7-8/h3-5,8,10H,1,6-7H2,2H3/t8-,10?/m0/s1. The van der Waals surface area contributed by atoms with Crippen molar-refractivity contribution in [3.8, 4) is 0 Å². The van der Waals surface area contributed by atoms with Gasteiger partial charge in [0, 0.05) is 12.3 Å². The summed E-state index contributed by atoms with van der Waals surface area (Å²) in [6.07, 6.45) is 4.44. The maximum absolute atomic E-state index is 11.7. The van der Waals surface area contributed by atoms with Crippen LogP contribution in [0.4, 0.5) is 0 Å². The van der Waals surface area contributed by atoms with Crippen LogP contribution in [0.2, 0.25) is 0 Å². The van der Waals surface area contributed by atoms with Crippen molar-refractivity contribution in [3.63, 3.8) is 0 Å². The molecule has 1 unspecified atom stereocenters. The largest absolute Gasteiger partial charge is 0.468 e. The van der Waals surface area contributed by atoms with Crippen molar-refractivity contribution < 1.29 is 23.9 Å². The Labute approximate surface area is 99.1 Å². The summed E-state index contributed by atoms with van der Waals surface area (Å²) in [5.74, 6) is -3.06. The second-order valence-corrected chi connectivity index (χ2v) is 3.61. The molecule has 0 radical (unpaired) electrons. The number of carbonyl (C=O) groups is 3. The van der Waals surface area contributed by atoms with Gasteiger partial charge in [0.05, 0.1) is 7.11 Å². The van der Waals surface area contributed by atoms with Gasteiger partial charge in [-0.1, -0.05) is 18.7 Å². The Morgan fingerprint density at radius 1 is 1.59 bits per heavy atom. The molecule has 0 heterocycles. The average molecular weight is 238 g/mol. The molecular weight excluding hydrogens is 224 g/mol. The van der Waals surface area contributed by atoms with Crippen LogP contribution in [0.3, 0.4) is 0 Å². The van der Waals surface area contributed by atoms with Crippen LogP contribution in [0.15, 0.2) is 24.8 Å². The quantitative estimate of drug-likeness (QED) is 0.399. The predicted molar refractivity (Wildman–Crippen MR) is 58.9 cm³/mol. The minimum Gasteiger partial charge on any atom is -0.468 e. The van der Waals surface area contributed by atoms with E-state index in [1.807, 2.05) is 0 Å². The van der Waals surface area contributed by atoms with E-state index in [-0.39, 0.29) is 18.8 Å². The average Bonchev–Trinajstić information content (AvgIpc) is 2.73. The molecule has 0 saturated carbocycles. The van der Waals surface area contributed by atoms with Gasteiger partial charge in [0.1, 0.15) is 6.61 Å². The highest BCUT2D eigenvalue weighted by atomic mass is 16.5. The SMILES string of the molecule is C=CCOC(=O)C(C(=O)OC)[C@H]1C=CC(=O)C1. The Morgan fingerprint density at radius 2 is 2.29 bits per heavy atom. The van der Waals surface area contributed by atoms with Crippen LogP contribution in [0.5, 0.6) is 0 Å². The maximum Gasteiger partial charge on any atom is 0.321 e. The molecule has 0 N–H and O–H groups in total. The van der Waals surface area contributed by atoms with Crippen molar-refractivity contribution in [1.29, 1.82) is 0 Å². The minimum absolute atomic E-state index is 0.0245. The number of ether oxygens (including phenoxy) is 2. The lowest BCUT2D eigenvalue weighted by Gasteiger charge is -2.17. The number of hydrogen-bond donors (Lipinski definition) is 0. The number of methoxy groups -OCH3 is 1. The van der Waals surface area contributed by atoms with E-state index in [1.165, 1.54) is 19.3 Å². The fourth-order valence-corrected chi connectivity index (χ4v) is 1.63. The summed E-state index contributed by atoms with van der Waals surface area (Å²) in [6, 6.07) is 0. The summed E-state index contributed by atoms with van der Waals surface area (Å²) in [5.41, 5.74) is 0. The van der Waals surface area contributed by atoms with E-state index in [2.05, 4.69) is 11.3 Å². The van der Waals surface area contributed by atoms with Crippen LogP contribution in [0, 0.1) is 11.8 Å².